The van der Waals surface area contributed by atoms with E-state index in [9.17, 15) is 24.0 Å². The average Bonchev–Trinajstić information content (AvgIpc) is 3.96. The highest BCUT2D eigenvalue weighted by atomic mass is 16.7. The van der Waals surface area contributed by atoms with Gasteiger partial charge < -0.3 is 56.8 Å². The number of cyclic esters (lactones) is 1. The standard InChI is InChI=1S/C39H43N3O17/c1-17(43)51-15-30-35(56-18(2)44)36(57-19(3)45)37(58-20(4)46)38(59-30)42-12-22(40-41-42)13-52-33-24-11-27-26(54-16-55-27)10-23(24)31(32-25(33)14-53-39(32)47)21-8-28(48-5)34(50-7)29(9-21)49-6/h8-12,25,30-33,35-38H,13-16H2,1-7H3/t25-,30+,31+,32-,33+,35+,36-,37+,38+/m0/s1. The van der Waals surface area contributed by atoms with Crippen LogP contribution in [0, 0.1) is 11.8 Å². The number of hydrogen-bond acceptors (Lipinski definition) is 19. The van der Waals surface area contributed by atoms with Gasteiger partial charge in [-0.25, -0.2) is 4.68 Å². The van der Waals surface area contributed by atoms with E-state index >= 15 is 0 Å². The number of nitrogens with zero attached hydrogens (tertiary/aromatic N) is 3. The fourth-order valence-corrected chi connectivity index (χ4v) is 8.10. The lowest BCUT2D eigenvalue weighted by atomic mass is 9.66. The fraction of sp³-hybridized carbons (Fsp3) is 0.513. The van der Waals surface area contributed by atoms with Crippen molar-refractivity contribution < 1.29 is 80.8 Å². The van der Waals surface area contributed by atoms with Crippen molar-refractivity contribution in [2.75, 3.05) is 41.3 Å². The van der Waals surface area contributed by atoms with Crippen LogP contribution in [0.2, 0.25) is 0 Å². The molecular weight excluding hydrogens is 782 g/mol. The molecule has 2 fully saturated rings. The zero-order valence-corrected chi connectivity index (χ0v) is 33.2. The van der Waals surface area contributed by atoms with Gasteiger partial charge in [0, 0.05) is 39.5 Å². The van der Waals surface area contributed by atoms with Gasteiger partial charge in [0.05, 0.1) is 52.8 Å². The van der Waals surface area contributed by atoms with Gasteiger partial charge >= 0.3 is 29.8 Å². The molecule has 59 heavy (non-hydrogen) atoms. The predicted molar refractivity (Wildman–Crippen MR) is 193 cm³/mol. The monoisotopic (exact) mass is 825 g/mol. The molecule has 1 aromatic heterocycles. The van der Waals surface area contributed by atoms with E-state index in [0.29, 0.717) is 34.3 Å². The van der Waals surface area contributed by atoms with E-state index < -0.39 is 91.0 Å². The van der Waals surface area contributed by atoms with Crippen LogP contribution in [0.1, 0.15) is 68.3 Å². The number of ether oxygens (including phenoxy) is 12. The predicted octanol–water partition coefficient (Wildman–Crippen LogP) is 2.48. The number of methoxy groups -OCH3 is 3. The van der Waals surface area contributed by atoms with Crippen molar-refractivity contribution >= 4 is 29.8 Å². The van der Waals surface area contributed by atoms with Gasteiger partial charge in [0.1, 0.15) is 18.4 Å². The van der Waals surface area contributed by atoms with Gasteiger partial charge in [0.15, 0.2) is 47.5 Å². The molecule has 316 valence electrons. The molecule has 4 aliphatic rings. The third-order valence-corrected chi connectivity index (χ3v) is 10.4. The highest BCUT2D eigenvalue weighted by molar-refractivity contribution is 5.79. The minimum absolute atomic E-state index is 0.00977. The molecule has 20 heteroatoms. The Balaban J connectivity index is 1.22. The normalized spacial score (nSPS) is 26.4. The summed E-state index contributed by atoms with van der Waals surface area (Å²) < 4.78 is 70.0. The Morgan fingerprint density at radius 3 is 2.02 bits per heavy atom. The first-order valence-electron chi connectivity index (χ1n) is 18.5. The molecule has 20 nitrogen and oxygen atoms in total. The molecular formula is C39H43N3O17. The van der Waals surface area contributed by atoms with Crippen molar-refractivity contribution in [1.29, 1.82) is 0 Å². The van der Waals surface area contributed by atoms with Crippen molar-refractivity contribution in [3.63, 3.8) is 0 Å². The molecule has 9 atom stereocenters. The Bertz CT molecular complexity index is 2100. The molecule has 0 radical (unpaired) electrons. The number of hydrogen-bond donors (Lipinski definition) is 0. The summed E-state index contributed by atoms with van der Waals surface area (Å²) in [7, 11) is 4.53. The molecule has 0 saturated carbocycles. The third kappa shape index (κ3) is 8.14. The highest BCUT2D eigenvalue weighted by Gasteiger charge is 2.55. The number of carbonyl (C=O) groups excluding carboxylic acids is 5. The van der Waals surface area contributed by atoms with E-state index in [1.54, 1.807) is 12.1 Å². The first-order chi connectivity index (χ1) is 28.3. The molecule has 1 aliphatic carbocycles. The molecule has 0 spiro atoms. The molecule has 0 unspecified atom stereocenters. The third-order valence-electron chi connectivity index (χ3n) is 10.4. The van der Waals surface area contributed by atoms with Crippen LogP contribution in [0.15, 0.2) is 30.5 Å². The van der Waals surface area contributed by atoms with Gasteiger partial charge in [0.2, 0.25) is 12.5 Å². The summed E-state index contributed by atoms with van der Waals surface area (Å²) in [5.74, 6) is -2.90. The van der Waals surface area contributed by atoms with Crippen LogP contribution >= 0.6 is 0 Å². The van der Waals surface area contributed by atoms with E-state index in [4.69, 9.17) is 56.8 Å². The highest BCUT2D eigenvalue weighted by Crippen LogP contribution is 2.56. The van der Waals surface area contributed by atoms with Crippen LogP contribution in [0.3, 0.4) is 0 Å². The number of aromatic nitrogens is 3. The largest absolute Gasteiger partial charge is 0.493 e. The van der Waals surface area contributed by atoms with Crippen LogP contribution in [0.5, 0.6) is 28.7 Å². The summed E-state index contributed by atoms with van der Waals surface area (Å²) in [6.07, 6.45) is -5.94. The van der Waals surface area contributed by atoms with Crippen LogP contribution in [-0.2, 0) is 63.7 Å². The van der Waals surface area contributed by atoms with E-state index in [-0.39, 0.29) is 25.7 Å². The Labute approximate surface area is 337 Å². The van der Waals surface area contributed by atoms with E-state index in [0.717, 1.165) is 31.9 Å². The lowest BCUT2D eigenvalue weighted by Gasteiger charge is -2.44. The first kappa shape index (κ1) is 41.0. The van der Waals surface area contributed by atoms with Crippen molar-refractivity contribution in [2.24, 2.45) is 11.8 Å². The number of fused-ring (bicyclic) bond motifs is 3. The minimum atomic E-state index is -1.41. The molecule has 7 rings (SSSR count). The van der Waals surface area contributed by atoms with Crippen molar-refractivity contribution in [2.45, 2.75) is 77.0 Å². The van der Waals surface area contributed by atoms with Gasteiger partial charge in [-0.15, -0.1) is 5.10 Å². The smallest absolute Gasteiger partial charge is 0.310 e. The van der Waals surface area contributed by atoms with E-state index in [2.05, 4.69) is 10.3 Å². The van der Waals surface area contributed by atoms with E-state index in [1.807, 2.05) is 12.1 Å². The lowest BCUT2D eigenvalue weighted by Crippen LogP contribution is -2.60. The van der Waals surface area contributed by atoms with Crippen LogP contribution < -0.4 is 23.7 Å². The van der Waals surface area contributed by atoms with E-state index in [1.165, 1.54) is 39.1 Å². The zero-order chi connectivity index (χ0) is 42.1. The molecule has 0 bridgehead atoms. The Hall–Kier alpha value is -6.15. The summed E-state index contributed by atoms with van der Waals surface area (Å²) in [5.41, 5.74) is 2.45. The summed E-state index contributed by atoms with van der Waals surface area (Å²) >= 11 is 0. The summed E-state index contributed by atoms with van der Waals surface area (Å²) in [6.45, 7) is 4.08. The number of esters is 5. The maximum atomic E-state index is 13.7. The average molecular weight is 826 g/mol. The second-order valence-corrected chi connectivity index (χ2v) is 14.1. The Morgan fingerprint density at radius 1 is 0.780 bits per heavy atom. The van der Waals surface area contributed by atoms with Gasteiger partial charge in [-0.05, 0) is 41.0 Å². The van der Waals surface area contributed by atoms with Gasteiger partial charge in [-0.2, -0.15) is 0 Å². The molecule has 2 saturated heterocycles. The van der Waals surface area contributed by atoms with Crippen molar-refractivity contribution in [1.82, 2.24) is 15.0 Å². The summed E-state index contributed by atoms with van der Waals surface area (Å²) in [6, 6.07) is 7.28. The molecule has 0 amide bonds. The maximum absolute atomic E-state index is 13.7. The van der Waals surface area contributed by atoms with Crippen LogP contribution in [-0.4, -0.2) is 111 Å². The molecule has 0 N–H and O–H groups in total. The Kier molecular flexibility index (Phi) is 11.8. The number of carbonyl (C=O) groups is 5. The van der Waals surface area contributed by atoms with Gasteiger partial charge in [-0.3, -0.25) is 24.0 Å². The van der Waals surface area contributed by atoms with Gasteiger partial charge in [0.25, 0.3) is 0 Å². The second-order valence-electron chi connectivity index (χ2n) is 14.1. The summed E-state index contributed by atoms with van der Waals surface area (Å²) in [5, 5.41) is 8.50. The maximum Gasteiger partial charge on any atom is 0.310 e. The van der Waals surface area contributed by atoms with Crippen molar-refractivity contribution in [3.05, 3.63) is 52.8 Å². The first-order valence-corrected chi connectivity index (χ1v) is 18.5. The number of benzene rings is 2. The molecule has 4 heterocycles. The SMILES string of the molecule is COc1cc([C@@H]2c3cc4c(cc3[C@@H](OCc3cn([C@@H]5O[C@H](COC(C)=O)[C@@H](OC(C)=O)[C@H](OC(C)=O)[C@H]5OC(C)=O)nn3)[C@H]3COC(=O)[C@H]23)OCO4)cc(OC)c1OC. The summed E-state index contributed by atoms with van der Waals surface area (Å²) in [4.78, 5) is 62.3. The lowest BCUT2D eigenvalue weighted by molar-refractivity contribution is -0.270. The fourth-order valence-electron chi connectivity index (χ4n) is 8.10. The number of rotatable bonds is 13. The molecule has 3 aliphatic heterocycles. The van der Waals surface area contributed by atoms with Crippen LogP contribution in [0.25, 0.3) is 0 Å². The zero-order valence-electron chi connectivity index (χ0n) is 33.2. The molecule has 2 aromatic carbocycles. The minimum Gasteiger partial charge on any atom is -0.493 e. The topological polar surface area (TPSA) is 227 Å². The van der Waals surface area contributed by atoms with Crippen LogP contribution in [0.4, 0.5) is 0 Å². The Morgan fingerprint density at radius 2 is 1.41 bits per heavy atom. The van der Waals surface area contributed by atoms with Crippen molar-refractivity contribution in [3.8, 4) is 28.7 Å². The second kappa shape index (κ2) is 17.0. The quantitative estimate of drug-likeness (QED) is 0.178. The molecule has 3 aromatic rings. The van der Waals surface area contributed by atoms with Gasteiger partial charge in [-0.1, -0.05) is 5.21 Å².